The van der Waals surface area contributed by atoms with Gasteiger partial charge in [-0.15, -0.1) is 11.3 Å². The summed E-state index contributed by atoms with van der Waals surface area (Å²) in [5.74, 6) is 0. The van der Waals surface area contributed by atoms with Gasteiger partial charge >= 0.3 is 0 Å². The SMILES string of the molecule is CCC(CO)(Cc1sccc1Cl)c1ccccc1. The second-order valence-electron chi connectivity index (χ2n) is 4.53. The maximum atomic E-state index is 9.88. The lowest BCUT2D eigenvalue weighted by Gasteiger charge is -2.31. The summed E-state index contributed by atoms with van der Waals surface area (Å²) >= 11 is 7.83. The van der Waals surface area contributed by atoms with E-state index in [-0.39, 0.29) is 12.0 Å². The Hall–Kier alpha value is -0.830. The first kappa shape index (κ1) is 13.6. The van der Waals surface area contributed by atoms with Crippen molar-refractivity contribution in [3.63, 3.8) is 0 Å². The number of thiophene rings is 1. The van der Waals surface area contributed by atoms with Crippen LogP contribution in [0.5, 0.6) is 0 Å². The van der Waals surface area contributed by atoms with Crippen molar-refractivity contribution in [2.45, 2.75) is 25.2 Å². The summed E-state index contributed by atoms with van der Waals surface area (Å²) in [6, 6.07) is 12.1. The van der Waals surface area contributed by atoms with E-state index in [1.807, 2.05) is 29.6 Å². The molecule has 1 aromatic heterocycles. The van der Waals surface area contributed by atoms with Crippen molar-refractivity contribution >= 4 is 22.9 Å². The molecule has 18 heavy (non-hydrogen) atoms. The van der Waals surface area contributed by atoms with Crippen LogP contribution in [0.2, 0.25) is 5.02 Å². The van der Waals surface area contributed by atoms with E-state index in [9.17, 15) is 5.11 Å². The average Bonchev–Trinajstić information content (AvgIpc) is 2.82. The molecule has 1 heterocycles. The van der Waals surface area contributed by atoms with Crippen LogP contribution < -0.4 is 0 Å². The molecule has 0 radical (unpaired) electrons. The maximum Gasteiger partial charge on any atom is 0.0545 e. The van der Waals surface area contributed by atoms with E-state index in [1.165, 1.54) is 5.56 Å². The summed E-state index contributed by atoms with van der Waals surface area (Å²) in [5.41, 5.74) is 0.954. The van der Waals surface area contributed by atoms with E-state index in [2.05, 4.69) is 19.1 Å². The molecule has 0 aliphatic carbocycles. The standard InChI is InChI=1S/C15H17ClOS/c1-2-15(11-17,12-6-4-3-5-7-12)10-14-13(16)8-9-18-14/h3-9,17H,2,10-11H2,1H3. The van der Waals surface area contributed by atoms with Crippen LogP contribution in [0.4, 0.5) is 0 Å². The van der Waals surface area contributed by atoms with Gasteiger partial charge in [-0.1, -0.05) is 48.9 Å². The summed E-state index contributed by atoms with van der Waals surface area (Å²) in [4.78, 5) is 1.15. The number of hydrogen-bond acceptors (Lipinski definition) is 2. The number of aliphatic hydroxyl groups excluding tert-OH is 1. The second-order valence-corrected chi connectivity index (χ2v) is 5.93. The van der Waals surface area contributed by atoms with Crippen LogP contribution in [0.15, 0.2) is 41.8 Å². The monoisotopic (exact) mass is 280 g/mol. The fraction of sp³-hybridized carbons (Fsp3) is 0.333. The molecule has 0 amide bonds. The van der Waals surface area contributed by atoms with Gasteiger partial charge in [0.05, 0.1) is 11.6 Å². The summed E-state index contributed by atoms with van der Waals surface area (Å²) in [6.07, 6.45) is 1.68. The highest BCUT2D eigenvalue weighted by Gasteiger charge is 2.31. The Morgan fingerprint density at radius 3 is 2.44 bits per heavy atom. The molecule has 0 saturated carbocycles. The highest BCUT2D eigenvalue weighted by atomic mass is 35.5. The Kier molecular flexibility index (Phi) is 4.44. The number of hydrogen-bond donors (Lipinski definition) is 1. The molecule has 1 unspecified atom stereocenters. The van der Waals surface area contributed by atoms with Gasteiger partial charge in [-0.25, -0.2) is 0 Å². The van der Waals surface area contributed by atoms with Crippen LogP contribution >= 0.6 is 22.9 Å². The van der Waals surface area contributed by atoms with Crippen molar-refractivity contribution in [3.05, 3.63) is 57.2 Å². The highest BCUT2D eigenvalue weighted by molar-refractivity contribution is 7.10. The van der Waals surface area contributed by atoms with E-state index in [1.54, 1.807) is 11.3 Å². The first-order valence-electron chi connectivity index (χ1n) is 6.10. The number of benzene rings is 1. The molecule has 0 fully saturated rings. The lowest BCUT2D eigenvalue weighted by Crippen LogP contribution is -2.32. The molecule has 0 aliphatic heterocycles. The summed E-state index contributed by atoms with van der Waals surface area (Å²) < 4.78 is 0. The van der Waals surface area contributed by atoms with Crippen LogP contribution in [0, 0.1) is 0 Å². The van der Waals surface area contributed by atoms with Crippen LogP contribution in [-0.4, -0.2) is 11.7 Å². The molecule has 2 rings (SSSR count). The van der Waals surface area contributed by atoms with Gasteiger partial charge in [0.15, 0.2) is 0 Å². The van der Waals surface area contributed by atoms with Crippen LogP contribution in [0.25, 0.3) is 0 Å². The third-order valence-corrected chi connectivity index (χ3v) is 4.94. The second kappa shape index (κ2) is 5.87. The predicted molar refractivity (Wildman–Crippen MR) is 78.5 cm³/mol. The van der Waals surface area contributed by atoms with Crippen LogP contribution in [0.1, 0.15) is 23.8 Å². The molecule has 96 valence electrons. The van der Waals surface area contributed by atoms with Gasteiger partial charge in [0.2, 0.25) is 0 Å². The molecule has 1 aromatic carbocycles. The number of halogens is 1. The molecule has 0 saturated heterocycles. The van der Waals surface area contributed by atoms with Gasteiger partial charge in [-0.3, -0.25) is 0 Å². The predicted octanol–water partition coefficient (Wildman–Crippen LogP) is 4.28. The summed E-state index contributed by atoms with van der Waals surface area (Å²) in [5, 5.41) is 12.7. The Morgan fingerprint density at radius 2 is 1.94 bits per heavy atom. The zero-order valence-corrected chi connectivity index (χ0v) is 12.0. The quantitative estimate of drug-likeness (QED) is 0.866. The first-order valence-corrected chi connectivity index (χ1v) is 7.36. The highest BCUT2D eigenvalue weighted by Crippen LogP contribution is 2.35. The van der Waals surface area contributed by atoms with Crippen molar-refractivity contribution in [3.8, 4) is 0 Å². The smallest absolute Gasteiger partial charge is 0.0545 e. The normalized spacial score (nSPS) is 14.4. The minimum atomic E-state index is -0.226. The van der Waals surface area contributed by atoms with Gasteiger partial charge in [0.25, 0.3) is 0 Å². The topological polar surface area (TPSA) is 20.2 Å². The lowest BCUT2D eigenvalue weighted by atomic mass is 9.75. The Labute approximate surface area is 117 Å². The zero-order valence-electron chi connectivity index (χ0n) is 10.4. The largest absolute Gasteiger partial charge is 0.395 e. The fourth-order valence-corrected chi connectivity index (χ4v) is 3.49. The molecular weight excluding hydrogens is 264 g/mol. The molecule has 0 spiro atoms. The zero-order chi connectivity index (χ0) is 13.0. The van der Waals surface area contributed by atoms with Gasteiger partial charge in [-0.2, -0.15) is 0 Å². The Balaban J connectivity index is 2.36. The van der Waals surface area contributed by atoms with Crippen molar-refractivity contribution in [1.82, 2.24) is 0 Å². The van der Waals surface area contributed by atoms with Crippen molar-refractivity contribution in [2.75, 3.05) is 6.61 Å². The summed E-state index contributed by atoms with van der Waals surface area (Å²) in [6.45, 7) is 2.26. The van der Waals surface area contributed by atoms with E-state index in [4.69, 9.17) is 11.6 Å². The van der Waals surface area contributed by atoms with Crippen molar-refractivity contribution in [1.29, 1.82) is 0 Å². The lowest BCUT2D eigenvalue weighted by molar-refractivity contribution is 0.187. The Morgan fingerprint density at radius 1 is 1.22 bits per heavy atom. The van der Waals surface area contributed by atoms with Crippen molar-refractivity contribution in [2.24, 2.45) is 0 Å². The molecule has 0 aliphatic rings. The third-order valence-electron chi connectivity index (χ3n) is 3.56. The van der Waals surface area contributed by atoms with E-state index in [0.717, 1.165) is 22.7 Å². The van der Waals surface area contributed by atoms with Crippen LogP contribution in [-0.2, 0) is 11.8 Å². The minimum Gasteiger partial charge on any atom is -0.395 e. The van der Waals surface area contributed by atoms with Crippen molar-refractivity contribution < 1.29 is 5.11 Å². The van der Waals surface area contributed by atoms with E-state index in [0.29, 0.717) is 0 Å². The minimum absolute atomic E-state index is 0.141. The third kappa shape index (κ3) is 2.61. The Bertz CT molecular complexity index is 488. The molecule has 1 N–H and O–H groups in total. The van der Waals surface area contributed by atoms with Gasteiger partial charge < -0.3 is 5.11 Å². The molecule has 0 bridgehead atoms. The number of rotatable bonds is 5. The van der Waals surface area contributed by atoms with Gasteiger partial charge in [-0.05, 0) is 29.9 Å². The average molecular weight is 281 g/mol. The summed E-state index contributed by atoms with van der Waals surface area (Å²) in [7, 11) is 0. The van der Waals surface area contributed by atoms with Gasteiger partial charge in [0, 0.05) is 10.3 Å². The van der Waals surface area contributed by atoms with E-state index >= 15 is 0 Å². The van der Waals surface area contributed by atoms with Gasteiger partial charge in [0.1, 0.15) is 0 Å². The fourth-order valence-electron chi connectivity index (χ4n) is 2.24. The van der Waals surface area contributed by atoms with E-state index < -0.39 is 0 Å². The molecule has 1 nitrogen and oxygen atoms in total. The molecule has 1 atom stereocenters. The van der Waals surface area contributed by atoms with Crippen LogP contribution in [0.3, 0.4) is 0 Å². The molecule has 2 aromatic rings. The first-order chi connectivity index (χ1) is 8.72. The number of aliphatic hydroxyl groups is 1. The molecule has 3 heteroatoms. The maximum absolute atomic E-state index is 9.88. The molecular formula is C15H17ClOS.